The second-order valence-corrected chi connectivity index (χ2v) is 5.87. The number of rotatable bonds is 4. The van der Waals surface area contributed by atoms with Crippen molar-refractivity contribution in [3.05, 3.63) is 46.0 Å². The lowest BCUT2D eigenvalue weighted by molar-refractivity contribution is 0.249. The summed E-state index contributed by atoms with van der Waals surface area (Å²) >= 11 is 0. The fourth-order valence-corrected chi connectivity index (χ4v) is 3.09. The zero-order valence-corrected chi connectivity index (χ0v) is 12.3. The third-order valence-electron chi connectivity index (χ3n) is 4.23. The first-order valence-corrected chi connectivity index (χ1v) is 7.48. The van der Waals surface area contributed by atoms with E-state index in [0.717, 1.165) is 42.8 Å². The van der Waals surface area contributed by atoms with Crippen molar-refractivity contribution < 1.29 is 5.11 Å². The van der Waals surface area contributed by atoms with E-state index in [0.29, 0.717) is 12.5 Å². The average molecular weight is 287 g/mol. The van der Waals surface area contributed by atoms with Crippen molar-refractivity contribution in [1.82, 2.24) is 14.3 Å². The number of aliphatic hydroxyl groups is 1. The van der Waals surface area contributed by atoms with Gasteiger partial charge in [-0.25, -0.2) is 4.98 Å². The van der Waals surface area contributed by atoms with E-state index in [1.807, 2.05) is 19.1 Å². The normalized spacial score (nSPS) is 19.4. The molecule has 5 nitrogen and oxygen atoms in total. The Kier molecular flexibility index (Phi) is 4.03. The van der Waals surface area contributed by atoms with Gasteiger partial charge in [-0.2, -0.15) is 0 Å². The van der Waals surface area contributed by atoms with Crippen molar-refractivity contribution in [1.29, 1.82) is 0 Å². The number of aryl methyl sites for hydroxylation is 1. The van der Waals surface area contributed by atoms with E-state index >= 15 is 0 Å². The summed E-state index contributed by atoms with van der Waals surface area (Å²) in [6.07, 6.45) is 3.74. The van der Waals surface area contributed by atoms with Gasteiger partial charge in [-0.15, -0.1) is 0 Å². The van der Waals surface area contributed by atoms with Gasteiger partial charge in [0.15, 0.2) is 0 Å². The van der Waals surface area contributed by atoms with Crippen LogP contribution in [0.15, 0.2) is 29.2 Å². The van der Waals surface area contributed by atoms with Crippen LogP contribution in [0.2, 0.25) is 0 Å². The summed E-state index contributed by atoms with van der Waals surface area (Å²) < 4.78 is 1.59. The number of nitrogens with zero attached hydrogens (tertiary/aromatic N) is 3. The van der Waals surface area contributed by atoms with Crippen molar-refractivity contribution in [3.8, 4) is 0 Å². The molecule has 1 atom stereocenters. The predicted molar refractivity (Wildman–Crippen MR) is 81.3 cm³/mol. The van der Waals surface area contributed by atoms with Crippen molar-refractivity contribution in [2.75, 3.05) is 19.7 Å². The highest BCUT2D eigenvalue weighted by Gasteiger charge is 2.22. The molecular weight excluding hydrogens is 266 g/mol. The summed E-state index contributed by atoms with van der Waals surface area (Å²) in [5, 5.41) is 9.01. The van der Waals surface area contributed by atoms with Crippen molar-refractivity contribution in [2.45, 2.75) is 26.3 Å². The van der Waals surface area contributed by atoms with Crippen LogP contribution in [0.25, 0.3) is 5.65 Å². The quantitative estimate of drug-likeness (QED) is 0.918. The van der Waals surface area contributed by atoms with Crippen LogP contribution in [0.3, 0.4) is 0 Å². The molecule has 1 unspecified atom stereocenters. The summed E-state index contributed by atoms with van der Waals surface area (Å²) in [6, 6.07) is 5.47. The van der Waals surface area contributed by atoms with Gasteiger partial charge in [-0.3, -0.25) is 14.1 Å². The zero-order valence-electron chi connectivity index (χ0n) is 12.3. The highest BCUT2D eigenvalue weighted by Crippen LogP contribution is 2.20. The molecule has 2 aromatic rings. The first-order valence-electron chi connectivity index (χ1n) is 7.48. The topological polar surface area (TPSA) is 57.8 Å². The van der Waals surface area contributed by atoms with Crippen LogP contribution in [-0.2, 0) is 6.54 Å². The molecule has 1 aliphatic rings. The molecule has 2 aromatic heterocycles. The summed E-state index contributed by atoms with van der Waals surface area (Å²) in [4.78, 5) is 19.1. The molecular formula is C16H21N3O2. The molecule has 0 amide bonds. The molecule has 1 aliphatic heterocycles. The largest absolute Gasteiger partial charge is 0.396 e. The van der Waals surface area contributed by atoms with Gasteiger partial charge in [0, 0.05) is 32.0 Å². The zero-order chi connectivity index (χ0) is 14.8. The molecule has 1 fully saturated rings. The maximum atomic E-state index is 12.2. The minimum atomic E-state index is -0.0233. The molecule has 0 aromatic carbocycles. The molecule has 3 heterocycles. The van der Waals surface area contributed by atoms with E-state index in [-0.39, 0.29) is 12.2 Å². The van der Waals surface area contributed by atoms with Gasteiger partial charge < -0.3 is 5.11 Å². The van der Waals surface area contributed by atoms with Gasteiger partial charge in [0.2, 0.25) is 0 Å². The number of hydrogen-bond donors (Lipinski definition) is 1. The highest BCUT2D eigenvalue weighted by atomic mass is 16.3. The van der Waals surface area contributed by atoms with Crippen LogP contribution in [0, 0.1) is 12.8 Å². The van der Waals surface area contributed by atoms with Crippen LogP contribution in [0.5, 0.6) is 0 Å². The van der Waals surface area contributed by atoms with Crippen LogP contribution in [-0.4, -0.2) is 39.1 Å². The Hall–Kier alpha value is -1.72. The molecule has 0 spiro atoms. The smallest absolute Gasteiger partial charge is 0.258 e. The van der Waals surface area contributed by atoms with Crippen molar-refractivity contribution in [2.24, 2.45) is 5.92 Å². The maximum Gasteiger partial charge on any atom is 0.258 e. The molecule has 3 rings (SSSR count). The van der Waals surface area contributed by atoms with E-state index < -0.39 is 0 Å². The molecule has 0 saturated carbocycles. The fraction of sp³-hybridized carbons (Fsp3) is 0.500. The van der Waals surface area contributed by atoms with Crippen LogP contribution in [0.4, 0.5) is 0 Å². The van der Waals surface area contributed by atoms with Crippen LogP contribution >= 0.6 is 0 Å². The molecule has 5 heteroatoms. The second kappa shape index (κ2) is 5.95. The maximum absolute atomic E-state index is 12.2. The van der Waals surface area contributed by atoms with E-state index in [9.17, 15) is 4.79 Å². The molecule has 0 aliphatic carbocycles. The lowest BCUT2D eigenvalue weighted by atomic mass is 10.1. The predicted octanol–water partition coefficient (Wildman–Crippen LogP) is 1.21. The second-order valence-electron chi connectivity index (χ2n) is 5.87. The molecule has 112 valence electrons. The fourth-order valence-electron chi connectivity index (χ4n) is 3.09. The van der Waals surface area contributed by atoms with E-state index in [1.165, 1.54) is 0 Å². The van der Waals surface area contributed by atoms with Gasteiger partial charge in [-0.1, -0.05) is 6.07 Å². The van der Waals surface area contributed by atoms with Gasteiger partial charge >= 0.3 is 0 Å². The Bertz CT molecular complexity index is 695. The third-order valence-corrected chi connectivity index (χ3v) is 4.23. The van der Waals surface area contributed by atoms with E-state index in [2.05, 4.69) is 9.88 Å². The molecule has 0 radical (unpaired) electrons. The van der Waals surface area contributed by atoms with Crippen LogP contribution < -0.4 is 5.56 Å². The SMILES string of the molecule is Cc1cccn2c(=O)cc(CN3CCC(CCO)C3)nc12. The molecule has 1 N–H and O–H groups in total. The van der Waals surface area contributed by atoms with E-state index in [4.69, 9.17) is 5.11 Å². The third kappa shape index (κ3) is 2.99. The highest BCUT2D eigenvalue weighted by molar-refractivity contribution is 5.46. The van der Waals surface area contributed by atoms with Crippen molar-refractivity contribution >= 4 is 5.65 Å². The van der Waals surface area contributed by atoms with Crippen molar-refractivity contribution in [3.63, 3.8) is 0 Å². The standard InChI is InChI=1S/C16H21N3O2/c1-12-3-2-6-19-15(21)9-14(17-16(12)19)11-18-7-4-13(10-18)5-8-20/h2-3,6,9,13,20H,4-5,7-8,10-11H2,1H3. The Labute approximate surface area is 123 Å². The lowest BCUT2D eigenvalue weighted by Crippen LogP contribution is -2.24. The number of fused-ring (bicyclic) bond motifs is 1. The monoisotopic (exact) mass is 287 g/mol. The van der Waals surface area contributed by atoms with Gasteiger partial charge in [0.05, 0.1) is 5.69 Å². The summed E-state index contributed by atoms with van der Waals surface area (Å²) in [7, 11) is 0. The molecule has 21 heavy (non-hydrogen) atoms. The lowest BCUT2D eigenvalue weighted by Gasteiger charge is -2.15. The number of aliphatic hydroxyl groups excluding tert-OH is 1. The number of hydrogen-bond acceptors (Lipinski definition) is 4. The first-order chi connectivity index (χ1) is 10.2. The number of pyridine rings is 1. The Morgan fingerprint density at radius 2 is 2.33 bits per heavy atom. The molecule has 0 bridgehead atoms. The average Bonchev–Trinajstić information content (AvgIpc) is 2.88. The summed E-state index contributed by atoms with van der Waals surface area (Å²) in [6.45, 7) is 4.93. The van der Waals surface area contributed by atoms with E-state index in [1.54, 1.807) is 16.7 Å². The van der Waals surface area contributed by atoms with Gasteiger partial charge in [0.1, 0.15) is 5.65 Å². The Morgan fingerprint density at radius 1 is 1.48 bits per heavy atom. The van der Waals surface area contributed by atoms with Crippen LogP contribution in [0.1, 0.15) is 24.1 Å². The number of aromatic nitrogens is 2. The minimum absolute atomic E-state index is 0.0233. The van der Waals surface area contributed by atoms with Gasteiger partial charge in [0.25, 0.3) is 5.56 Å². The summed E-state index contributed by atoms with van der Waals surface area (Å²) in [5.74, 6) is 0.568. The minimum Gasteiger partial charge on any atom is -0.396 e. The summed E-state index contributed by atoms with van der Waals surface area (Å²) in [5.41, 5.74) is 2.56. The van der Waals surface area contributed by atoms with Gasteiger partial charge in [-0.05, 0) is 43.9 Å². The Balaban J connectivity index is 1.82. The number of likely N-dealkylation sites (tertiary alicyclic amines) is 1. The Morgan fingerprint density at radius 3 is 3.14 bits per heavy atom. The first kappa shape index (κ1) is 14.2. The molecule has 1 saturated heterocycles.